The Morgan fingerprint density at radius 3 is 2.17 bits per heavy atom. The fourth-order valence-electron chi connectivity index (χ4n) is 1.86. The summed E-state index contributed by atoms with van der Waals surface area (Å²) in [5, 5.41) is 0. The third kappa shape index (κ3) is 2.44. The topological polar surface area (TPSA) is 16.1 Å². The van der Waals surface area contributed by atoms with Crippen molar-refractivity contribution in [1.82, 2.24) is 4.98 Å². The van der Waals surface area contributed by atoms with E-state index in [1.54, 1.807) is 11.1 Å². The van der Waals surface area contributed by atoms with Gasteiger partial charge in [-0.25, -0.2) is 4.98 Å². The van der Waals surface area contributed by atoms with Crippen molar-refractivity contribution < 1.29 is 13.2 Å². The highest BCUT2D eigenvalue weighted by molar-refractivity contribution is 5.52. The number of anilines is 1. The molecule has 2 rings (SSSR count). The second-order valence-electron chi connectivity index (χ2n) is 5.68. The van der Waals surface area contributed by atoms with Crippen LogP contribution < -0.4 is 4.90 Å². The van der Waals surface area contributed by atoms with E-state index in [0.29, 0.717) is 18.7 Å². The molecule has 0 unspecified atom stereocenters. The molecule has 1 fully saturated rings. The molecule has 0 spiro atoms. The molecule has 18 heavy (non-hydrogen) atoms. The van der Waals surface area contributed by atoms with Gasteiger partial charge < -0.3 is 4.90 Å². The van der Waals surface area contributed by atoms with Crippen LogP contribution in [0.25, 0.3) is 0 Å². The number of pyridine rings is 1. The highest BCUT2D eigenvalue weighted by atomic mass is 19.4. The third-order valence-corrected chi connectivity index (χ3v) is 3.19. The summed E-state index contributed by atoms with van der Waals surface area (Å²) in [6.07, 6.45) is -1.86. The lowest BCUT2D eigenvalue weighted by molar-refractivity contribution is -0.137. The molecule has 2 heterocycles. The van der Waals surface area contributed by atoms with E-state index in [1.807, 2.05) is 20.8 Å². The molecule has 5 heteroatoms. The minimum Gasteiger partial charge on any atom is -0.356 e. The predicted molar refractivity (Wildman–Crippen MR) is 64.8 cm³/mol. The maximum atomic E-state index is 13.1. The van der Waals surface area contributed by atoms with E-state index >= 15 is 0 Å². The van der Waals surface area contributed by atoms with Crippen molar-refractivity contribution in [2.24, 2.45) is 0 Å². The van der Waals surface area contributed by atoms with Gasteiger partial charge in [0.05, 0.1) is 5.56 Å². The minimum atomic E-state index is -4.35. The number of hydrogen-bond acceptors (Lipinski definition) is 2. The van der Waals surface area contributed by atoms with Crippen LogP contribution >= 0.6 is 0 Å². The smallest absolute Gasteiger partial charge is 0.356 e. The summed E-state index contributed by atoms with van der Waals surface area (Å²) in [5.74, 6) is 0.0711. The molecule has 100 valence electrons. The highest BCUT2D eigenvalue weighted by Crippen LogP contribution is 2.38. The number of hydrogen-bond donors (Lipinski definition) is 0. The van der Waals surface area contributed by atoms with Crippen molar-refractivity contribution in [3.63, 3.8) is 0 Å². The summed E-state index contributed by atoms with van der Waals surface area (Å²) in [5.41, 5.74) is -0.339. The molecule has 0 saturated carbocycles. The standard InChI is InChI=1S/C13H17F3N2/c1-12(2,3)9-7-10(13(14,15)16)11(17-8-9)18-5-4-6-18/h7-8H,4-6H2,1-3H3. The molecular formula is C13H17F3N2. The van der Waals surface area contributed by atoms with Crippen LogP contribution in [0.5, 0.6) is 0 Å². The summed E-state index contributed by atoms with van der Waals surface area (Å²) < 4.78 is 39.2. The van der Waals surface area contributed by atoms with E-state index in [4.69, 9.17) is 0 Å². The van der Waals surface area contributed by atoms with Crippen LogP contribution in [-0.2, 0) is 11.6 Å². The van der Waals surface area contributed by atoms with Crippen LogP contribution in [0.1, 0.15) is 38.3 Å². The molecule has 1 aromatic rings. The van der Waals surface area contributed by atoms with E-state index in [1.165, 1.54) is 6.07 Å². The lowest BCUT2D eigenvalue weighted by atomic mass is 9.87. The summed E-state index contributed by atoms with van der Waals surface area (Å²) in [4.78, 5) is 5.72. The van der Waals surface area contributed by atoms with Crippen molar-refractivity contribution in [1.29, 1.82) is 0 Å². The van der Waals surface area contributed by atoms with Gasteiger partial charge in [0.1, 0.15) is 5.82 Å². The van der Waals surface area contributed by atoms with Crippen LogP contribution in [0.2, 0.25) is 0 Å². The summed E-state index contributed by atoms with van der Waals surface area (Å²) in [7, 11) is 0. The fourth-order valence-corrected chi connectivity index (χ4v) is 1.86. The molecule has 0 atom stereocenters. The summed E-state index contributed by atoms with van der Waals surface area (Å²) in [6.45, 7) is 6.96. The molecule has 2 nitrogen and oxygen atoms in total. The van der Waals surface area contributed by atoms with Crippen molar-refractivity contribution in [2.45, 2.75) is 38.8 Å². The zero-order valence-corrected chi connectivity index (χ0v) is 10.8. The quantitative estimate of drug-likeness (QED) is 0.765. The van der Waals surface area contributed by atoms with Crippen molar-refractivity contribution in [3.05, 3.63) is 23.4 Å². The maximum Gasteiger partial charge on any atom is 0.419 e. The van der Waals surface area contributed by atoms with Gasteiger partial charge in [0, 0.05) is 19.3 Å². The number of nitrogens with zero attached hydrogens (tertiary/aromatic N) is 2. The van der Waals surface area contributed by atoms with Crippen LogP contribution in [0.4, 0.5) is 19.0 Å². The van der Waals surface area contributed by atoms with Gasteiger partial charge in [-0.05, 0) is 23.5 Å². The molecule has 0 aliphatic carbocycles. The summed E-state index contributed by atoms with van der Waals surface area (Å²) >= 11 is 0. The molecular weight excluding hydrogens is 241 g/mol. The van der Waals surface area contributed by atoms with Crippen molar-refractivity contribution in [3.8, 4) is 0 Å². The number of alkyl halides is 3. The van der Waals surface area contributed by atoms with Gasteiger partial charge in [-0.1, -0.05) is 20.8 Å². The Morgan fingerprint density at radius 1 is 1.17 bits per heavy atom. The first kappa shape index (κ1) is 13.2. The van der Waals surface area contributed by atoms with Crippen LogP contribution in [-0.4, -0.2) is 18.1 Å². The van der Waals surface area contributed by atoms with Gasteiger partial charge in [0.2, 0.25) is 0 Å². The van der Waals surface area contributed by atoms with E-state index in [-0.39, 0.29) is 11.2 Å². The average molecular weight is 258 g/mol. The predicted octanol–water partition coefficient (Wildman–Crippen LogP) is 3.61. The lowest BCUT2D eigenvalue weighted by Crippen LogP contribution is -2.39. The summed E-state index contributed by atoms with van der Waals surface area (Å²) in [6, 6.07) is 1.24. The zero-order chi connectivity index (χ0) is 13.6. The molecule has 1 aliphatic heterocycles. The first-order chi connectivity index (χ1) is 8.19. The Hall–Kier alpha value is -1.26. The molecule has 0 aromatic carbocycles. The second-order valence-corrected chi connectivity index (χ2v) is 5.68. The van der Waals surface area contributed by atoms with Gasteiger partial charge in [0.15, 0.2) is 0 Å². The van der Waals surface area contributed by atoms with E-state index in [0.717, 1.165) is 6.42 Å². The second kappa shape index (κ2) is 4.14. The van der Waals surface area contributed by atoms with Gasteiger partial charge in [-0.2, -0.15) is 13.2 Å². The zero-order valence-electron chi connectivity index (χ0n) is 10.8. The SMILES string of the molecule is CC(C)(C)c1cnc(N2CCC2)c(C(F)(F)F)c1. The third-order valence-electron chi connectivity index (χ3n) is 3.19. The van der Waals surface area contributed by atoms with Crippen LogP contribution in [0, 0.1) is 0 Å². The van der Waals surface area contributed by atoms with E-state index < -0.39 is 11.7 Å². The van der Waals surface area contributed by atoms with Gasteiger partial charge in [0.25, 0.3) is 0 Å². The monoisotopic (exact) mass is 258 g/mol. The molecule has 0 bridgehead atoms. The fraction of sp³-hybridized carbons (Fsp3) is 0.615. The number of aromatic nitrogens is 1. The Morgan fingerprint density at radius 2 is 1.78 bits per heavy atom. The molecule has 0 amide bonds. The molecule has 1 saturated heterocycles. The Kier molecular flexibility index (Phi) is 3.03. The first-order valence-corrected chi connectivity index (χ1v) is 6.02. The maximum absolute atomic E-state index is 13.1. The minimum absolute atomic E-state index is 0.0711. The largest absolute Gasteiger partial charge is 0.419 e. The highest BCUT2D eigenvalue weighted by Gasteiger charge is 2.38. The number of rotatable bonds is 1. The normalized spacial score (nSPS) is 16.7. The van der Waals surface area contributed by atoms with Crippen molar-refractivity contribution in [2.75, 3.05) is 18.0 Å². The van der Waals surface area contributed by atoms with E-state index in [2.05, 4.69) is 4.98 Å². The van der Waals surface area contributed by atoms with Gasteiger partial charge in [-0.3, -0.25) is 0 Å². The Bertz CT molecular complexity index is 443. The van der Waals surface area contributed by atoms with Crippen LogP contribution in [0.15, 0.2) is 12.3 Å². The molecule has 1 aromatic heterocycles. The van der Waals surface area contributed by atoms with E-state index in [9.17, 15) is 13.2 Å². The molecule has 0 radical (unpaired) electrons. The van der Waals surface area contributed by atoms with Gasteiger partial charge in [-0.15, -0.1) is 0 Å². The first-order valence-electron chi connectivity index (χ1n) is 6.02. The number of halogens is 3. The average Bonchev–Trinajstić information content (AvgIpc) is 2.11. The molecule has 0 N–H and O–H groups in total. The Labute approximate surface area is 105 Å². The Balaban J connectivity index is 2.48. The van der Waals surface area contributed by atoms with Gasteiger partial charge >= 0.3 is 6.18 Å². The van der Waals surface area contributed by atoms with Crippen LogP contribution in [0.3, 0.4) is 0 Å². The van der Waals surface area contributed by atoms with Crippen molar-refractivity contribution >= 4 is 5.82 Å². The lowest BCUT2D eigenvalue weighted by Gasteiger charge is -2.34. The molecule has 1 aliphatic rings.